The van der Waals surface area contributed by atoms with E-state index < -0.39 is 6.04 Å². The molecule has 3 atom stereocenters. The number of carbonyl (C=O) groups excluding carboxylic acids is 4. The molecule has 1 heterocycles. The molecule has 0 bridgehead atoms. The Labute approximate surface area is 203 Å². The summed E-state index contributed by atoms with van der Waals surface area (Å²) in [4.78, 5) is 54.2. The Bertz CT molecular complexity index is 919. The monoisotopic (exact) mass is 517 g/mol. The predicted octanol–water partition coefficient (Wildman–Crippen LogP) is 3.28. The average molecular weight is 518 g/mol. The minimum Gasteiger partial charge on any atom is -0.354 e. The molecule has 1 saturated heterocycles. The Morgan fingerprint density at radius 1 is 1.12 bits per heavy atom. The van der Waals surface area contributed by atoms with Gasteiger partial charge >= 0.3 is 0 Å². The number of imide groups is 1. The van der Waals surface area contributed by atoms with Gasteiger partial charge in [0.2, 0.25) is 23.6 Å². The van der Waals surface area contributed by atoms with E-state index in [0.29, 0.717) is 25.3 Å². The predicted molar refractivity (Wildman–Crippen MR) is 129 cm³/mol. The summed E-state index contributed by atoms with van der Waals surface area (Å²) in [6.45, 7) is 6.54. The zero-order valence-electron chi connectivity index (χ0n) is 19.4. The van der Waals surface area contributed by atoms with Gasteiger partial charge in [0.15, 0.2) is 0 Å². The Morgan fingerprint density at radius 2 is 1.76 bits per heavy atom. The maximum Gasteiger partial charge on any atom is 0.242 e. The van der Waals surface area contributed by atoms with Crippen LogP contribution < -0.4 is 5.32 Å². The first-order chi connectivity index (χ1) is 15.7. The third-order valence-corrected chi connectivity index (χ3v) is 6.74. The molecule has 1 aromatic rings. The fourth-order valence-electron chi connectivity index (χ4n) is 4.31. The molecular formula is C25H32BrN3O4. The van der Waals surface area contributed by atoms with Crippen LogP contribution in [0.1, 0.15) is 45.6 Å². The average Bonchev–Trinajstić information content (AvgIpc) is 3.03. The Kier molecular flexibility index (Phi) is 8.46. The summed E-state index contributed by atoms with van der Waals surface area (Å²) in [5, 5.41) is 2.89. The number of fused-ring (bicyclic) bond motifs is 1. The van der Waals surface area contributed by atoms with Gasteiger partial charge in [0.05, 0.1) is 11.8 Å². The standard InChI is InChI=1S/C25H32BrN3O4/c1-16(2)14-27-23(31)17(3)29(15-18-7-6-8-19(26)13-18)22(30)11-12-28-24(32)20-9-4-5-10-21(20)25(28)33/h4-8,13,16-17,20-21H,9-12,14-15H2,1-3H3,(H,27,31)/t17-,20-,21+/m1/s1. The van der Waals surface area contributed by atoms with Crippen molar-refractivity contribution in [3.8, 4) is 0 Å². The second kappa shape index (κ2) is 11.1. The van der Waals surface area contributed by atoms with Crippen LogP contribution in [0.2, 0.25) is 0 Å². The van der Waals surface area contributed by atoms with Crippen LogP contribution in [0, 0.1) is 17.8 Å². The Balaban J connectivity index is 1.71. The van der Waals surface area contributed by atoms with E-state index in [0.717, 1.165) is 10.0 Å². The summed E-state index contributed by atoms with van der Waals surface area (Å²) in [6.07, 6.45) is 5.01. The first-order valence-corrected chi connectivity index (χ1v) is 12.3. The van der Waals surface area contributed by atoms with Crippen LogP contribution in [0.3, 0.4) is 0 Å². The highest BCUT2D eigenvalue weighted by Crippen LogP contribution is 2.35. The normalized spacial score (nSPS) is 20.7. The van der Waals surface area contributed by atoms with Crippen molar-refractivity contribution in [2.75, 3.05) is 13.1 Å². The largest absolute Gasteiger partial charge is 0.354 e. The molecule has 4 amide bonds. The molecule has 0 unspecified atom stereocenters. The Hall–Kier alpha value is -2.48. The summed E-state index contributed by atoms with van der Waals surface area (Å²) >= 11 is 3.44. The minimum absolute atomic E-state index is 0.0137. The number of rotatable bonds is 9. The molecular weight excluding hydrogens is 486 g/mol. The number of allylic oxidation sites excluding steroid dienone is 2. The van der Waals surface area contributed by atoms with Gasteiger partial charge in [-0.2, -0.15) is 0 Å². The summed E-state index contributed by atoms with van der Waals surface area (Å²) in [6, 6.07) is 6.89. The van der Waals surface area contributed by atoms with Crippen LogP contribution in [0.25, 0.3) is 0 Å². The summed E-state index contributed by atoms with van der Waals surface area (Å²) in [5.74, 6) is -1.20. The number of nitrogens with one attached hydrogen (secondary N) is 1. The van der Waals surface area contributed by atoms with Crippen LogP contribution in [0.4, 0.5) is 0 Å². The van der Waals surface area contributed by atoms with Crippen LogP contribution >= 0.6 is 15.9 Å². The smallest absolute Gasteiger partial charge is 0.242 e. The second-order valence-corrected chi connectivity index (χ2v) is 10.1. The molecule has 178 valence electrons. The minimum atomic E-state index is -0.688. The second-order valence-electron chi connectivity index (χ2n) is 9.20. The van der Waals surface area contributed by atoms with Crippen molar-refractivity contribution in [3.63, 3.8) is 0 Å². The summed E-state index contributed by atoms with van der Waals surface area (Å²) < 4.78 is 0.883. The number of benzene rings is 1. The van der Waals surface area contributed by atoms with Gasteiger partial charge in [-0.3, -0.25) is 24.1 Å². The molecule has 0 spiro atoms. The van der Waals surface area contributed by atoms with E-state index in [4.69, 9.17) is 0 Å². The maximum absolute atomic E-state index is 13.3. The van der Waals surface area contributed by atoms with Crippen molar-refractivity contribution in [2.45, 2.75) is 52.6 Å². The van der Waals surface area contributed by atoms with Gasteiger partial charge in [0, 0.05) is 30.5 Å². The number of hydrogen-bond donors (Lipinski definition) is 1. The van der Waals surface area contributed by atoms with Crippen LogP contribution in [0.5, 0.6) is 0 Å². The first-order valence-electron chi connectivity index (χ1n) is 11.5. The molecule has 33 heavy (non-hydrogen) atoms. The van der Waals surface area contributed by atoms with Gasteiger partial charge in [0.25, 0.3) is 0 Å². The molecule has 1 aromatic carbocycles. The van der Waals surface area contributed by atoms with Gasteiger partial charge in [-0.15, -0.1) is 0 Å². The van der Waals surface area contributed by atoms with E-state index in [-0.39, 0.29) is 55.0 Å². The Morgan fingerprint density at radius 3 is 2.33 bits per heavy atom. The lowest BCUT2D eigenvalue weighted by molar-refractivity contribution is -0.143. The van der Waals surface area contributed by atoms with Crippen LogP contribution in [-0.4, -0.2) is 52.6 Å². The molecule has 1 fully saturated rings. The number of nitrogens with zero attached hydrogens (tertiary/aromatic N) is 2. The lowest BCUT2D eigenvalue weighted by atomic mass is 9.85. The number of carbonyl (C=O) groups is 4. The molecule has 8 heteroatoms. The SMILES string of the molecule is CC(C)CNC(=O)[C@@H](C)N(Cc1cccc(Br)c1)C(=O)CCN1C(=O)[C@H]2CC=CC[C@H]2C1=O. The van der Waals surface area contributed by atoms with E-state index in [1.807, 2.05) is 50.3 Å². The van der Waals surface area contributed by atoms with Crippen molar-refractivity contribution < 1.29 is 19.2 Å². The van der Waals surface area contributed by atoms with Gasteiger partial charge in [-0.25, -0.2) is 0 Å². The molecule has 0 aromatic heterocycles. The van der Waals surface area contributed by atoms with E-state index in [2.05, 4.69) is 21.2 Å². The topological polar surface area (TPSA) is 86.8 Å². The molecule has 1 aliphatic carbocycles. The van der Waals surface area contributed by atoms with Gasteiger partial charge < -0.3 is 10.2 Å². The van der Waals surface area contributed by atoms with Crippen molar-refractivity contribution in [3.05, 3.63) is 46.5 Å². The fraction of sp³-hybridized carbons (Fsp3) is 0.520. The third-order valence-electron chi connectivity index (χ3n) is 6.24. The number of halogens is 1. The highest BCUT2D eigenvalue weighted by atomic mass is 79.9. The van der Waals surface area contributed by atoms with Crippen molar-refractivity contribution in [1.29, 1.82) is 0 Å². The number of likely N-dealkylation sites (tertiary alicyclic amines) is 1. The first kappa shape index (κ1) is 25.1. The zero-order valence-corrected chi connectivity index (χ0v) is 21.0. The molecule has 1 aliphatic heterocycles. The third kappa shape index (κ3) is 6.10. The quantitative estimate of drug-likeness (QED) is 0.402. The van der Waals surface area contributed by atoms with Crippen molar-refractivity contribution in [2.24, 2.45) is 17.8 Å². The zero-order chi connectivity index (χ0) is 24.1. The molecule has 0 saturated carbocycles. The number of hydrogen-bond acceptors (Lipinski definition) is 4. The van der Waals surface area contributed by atoms with Crippen LogP contribution in [0.15, 0.2) is 40.9 Å². The molecule has 1 N–H and O–H groups in total. The van der Waals surface area contributed by atoms with E-state index in [1.54, 1.807) is 6.92 Å². The maximum atomic E-state index is 13.3. The lowest BCUT2D eigenvalue weighted by Crippen LogP contribution is -2.49. The summed E-state index contributed by atoms with van der Waals surface area (Å²) in [5.41, 5.74) is 0.881. The molecule has 7 nitrogen and oxygen atoms in total. The molecule has 0 radical (unpaired) electrons. The highest BCUT2D eigenvalue weighted by molar-refractivity contribution is 9.10. The van der Waals surface area contributed by atoms with Gasteiger partial charge in [-0.1, -0.05) is 54.1 Å². The fourth-order valence-corrected chi connectivity index (χ4v) is 4.75. The van der Waals surface area contributed by atoms with E-state index in [9.17, 15) is 19.2 Å². The van der Waals surface area contributed by atoms with Crippen LogP contribution in [-0.2, 0) is 25.7 Å². The van der Waals surface area contributed by atoms with Gasteiger partial charge in [0.1, 0.15) is 6.04 Å². The van der Waals surface area contributed by atoms with E-state index >= 15 is 0 Å². The summed E-state index contributed by atoms with van der Waals surface area (Å²) in [7, 11) is 0. The van der Waals surface area contributed by atoms with Gasteiger partial charge in [-0.05, 0) is 43.4 Å². The number of amides is 4. The van der Waals surface area contributed by atoms with E-state index in [1.165, 1.54) is 9.80 Å². The van der Waals surface area contributed by atoms with Crippen molar-refractivity contribution in [1.82, 2.24) is 15.1 Å². The highest BCUT2D eigenvalue weighted by Gasteiger charge is 2.47. The van der Waals surface area contributed by atoms with Crippen molar-refractivity contribution >= 4 is 39.6 Å². The molecule has 3 rings (SSSR count). The lowest BCUT2D eigenvalue weighted by Gasteiger charge is -2.29. The molecule has 2 aliphatic rings.